The fourth-order valence-electron chi connectivity index (χ4n) is 1.24. The number of aromatic nitrogens is 4. The van der Waals surface area contributed by atoms with Gasteiger partial charge in [0.2, 0.25) is 0 Å². The highest BCUT2D eigenvalue weighted by Crippen LogP contribution is 2.24. The Kier molecular flexibility index (Phi) is 3.04. The highest BCUT2D eigenvalue weighted by atomic mass is 79.9. The third-order valence-corrected chi connectivity index (χ3v) is 2.80. The van der Waals surface area contributed by atoms with Gasteiger partial charge in [-0.2, -0.15) is 5.10 Å². The second kappa shape index (κ2) is 4.48. The number of hydrogen-bond donors (Lipinski definition) is 2. The summed E-state index contributed by atoms with van der Waals surface area (Å²) in [6, 6.07) is 1.94. The minimum absolute atomic E-state index is 0.415. The van der Waals surface area contributed by atoms with Crippen molar-refractivity contribution in [3.8, 4) is 0 Å². The van der Waals surface area contributed by atoms with Crippen molar-refractivity contribution in [2.24, 2.45) is 7.05 Å². The zero-order valence-corrected chi connectivity index (χ0v) is 10.3. The van der Waals surface area contributed by atoms with Gasteiger partial charge in [-0.05, 0) is 22.0 Å². The van der Waals surface area contributed by atoms with Crippen LogP contribution >= 0.6 is 15.9 Å². The van der Waals surface area contributed by atoms with Crippen molar-refractivity contribution in [1.29, 1.82) is 0 Å². The molecule has 2 aromatic rings. The highest BCUT2D eigenvalue weighted by molar-refractivity contribution is 9.10. The molecule has 3 N–H and O–H groups in total. The van der Waals surface area contributed by atoms with Crippen LogP contribution in [0.4, 0.5) is 11.6 Å². The van der Waals surface area contributed by atoms with Gasteiger partial charge in [0.1, 0.15) is 22.4 Å². The number of rotatable bonds is 3. The van der Waals surface area contributed by atoms with Gasteiger partial charge in [-0.3, -0.25) is 4.68 Å². The molecule has 2 rings (SSSR count). The Hall–Kier alpha value is -1.63. The van der Waals surface area contributed by atoms with E-state index in [4.69, 9.17) is 5.73 Å². The van der Waals surface area contributed by atoms with Crippen molar-refractivity contribution in [3.63, 3.8) is 0 Å². The minimum Gasteiger partial charge on any atom is -0.383 e. The van der Waals surface area contributed by atoms with Crippen LogP contribution in [0.3, 0.4) is 0 Å². The highest BCUT2D eigenvalue weighted by Gasteiger charge is 2.05. The third kappa shape index (κ3) is 2.30. The van der Waals surface area contributed by atoms with E-state index in [2.05, 4.69) is 36.3 Å². The molecule has 2 heterocycles. The number of nitrogens with two attached hydrogens (primary N) is 1. The Bertz CT molecular complexity index is 494. The van der Waals surface area contributed by atoms with Gasteiger partial charge in [-0.1, -0.05) is 0 Å². The van der Waals surface area contributed by atoms with Gasteiger partial charge >= 0.3 is 0 Å². The third-order valence-electron chi connectivity index (χ3n) is 2.02. The van der Waals surface area contributed by atoms with E-state index < -0.39 is 0 Å². The number of aryl methyl sites for hydroxylation is 1. The summed E-state index contributed by atoms with van der Waals surface area (Å²) in [5, 5.41) is 7.37. The Labute approximate surface area is 101 Å². The van der Waals surface area contributed by atoms with Gasteiger partial charge in [0.15, 0.2) is 0 Å². The first-order valence-electron chi connectivity index (χ1n) is 4.65. The average molecular weight is 283 g/mol. The van der Waals surface area contributed by atoms with Crippen molar-refractivity contribution >= 4 is 27.6 Å². The molecule has 0 saturated heterocycles. The summed E-state index contributed by atoms with van der Waals surface area (Å²) in [6.07, 6.45) is 3.31. The molecular weight excluding hydrogens is 272 g/mol. The second-order valence-electron chi connectivity index (χ2n) is 3.26. The topological polar surface area (TPSA) is 81.7 Å². The molecule has 7 heteroatoms. The molecule has 2 aromatic heterocycles. The fraction of sp³-hybridized carbons (Fsp3) is 0.222. The molecule has 0 radical (unpaired) electrons. The molecule has 0 aliphatic heterocycles. The van der Waals surface area contributed by atoms with Gasteiger partial charge in [0.25, 0.3) is 0 Å². The molecule has 16 heavy (non-hydrogen) atoms. The lowest BCUT2D eigenvalue weighted by molar-refractivity contribution is 0.747. The van der Waals surface area contributed by atoms with Crippen LogP contribution in [0.25, 0.3) is 0 Å². The van der Waals surface area contributed by atoms with Crippen LogP contribution in [0.5, 0.6) is 0 Å². The maximum atomic E-state index is 5.64. The number of nitrogens with zero attached hydrogens (tertiary/aromatic N) is 4. The molecule has 0 saturated carbocycles. The fourth-order valence-corrected chi connectivity index (χ4v) is 1.58. The lowest BCUT2D eigenvalue weighted by atomic mass is 10.4. The molecule has 0 atom stereocenters. The Balaban J connectivity index is 2.07. The van der Waals surface area contributed by atoms with Crippen LogP contribution in [-0.4, -0.2) is 19.7 Å². The van der Waals surface area contributed by atoms with Crippen LogP contribution in [0.1, 0.15) is 5.69 Å². The van der Waals surface area contributed by atoms with E-state index in [0.29, 0.717) is 22.7 Å². The molecule has 84 valence electrons. The molecule has 0 bridgehead atoms. The van der Waals surface area contributed by atoms with E-state index in [1.807, 2.05) is 19.3 Å². The summed E-state index contributed by atoms with van der Waals surface area (Å²) >= 11 is 3.32. The summed E-state index contributed by atoms with van der Waals surface area (Å²) in [6.45, 7) is 0.593. The minimum atomic E-state index is 0.415. The normalized spacial score (nSPS) is 10.4. The number of halogens is 1. The molecular formula is C9H11BrN6. The average Bonchev–Trinajstić information content (AvgIpc) is 2.67. The SMILES string of the molecule is Cn1ccc(CNc2ncnc(N)c2Br)n1. The van der Waals surface area contributed by atoms with E-state index in [1.54, 1.807) is 4.68 Å². The number of nitrogen functional groups attached to an aromatic ring is 1. The van der Waals surface area contributed by atoms with E-state index in [-0.39, 0.29) is 0 Å². The van der Waals surface area contributed by atoms with Gasteiger partial charge < -0.3 is 11.1 Å². The quantitative estimate of drug-likeness (QED) is 0.883. The maximum Gasteiger partial charge on any atom is 0.146 e. The lowest BCUT2D eigenvalue weighted by Crippen LogP contribution is -2.05. The van der Waals surface area contributed by atoms with Crippen molar-refractivity contribution in [1.82, 2.24) is 19.7 Å². The lowest BCUT2D eigenvalue weighted by Gasteiger charge is -2.06. The summed E-state index contributed by atoms with van der Waals surface area (Å²) in [5.41, 5.74) is 6.57. The van der Waals surface area contributed by atoms with E-state index >= 15 is 0 Å². The largest absolute Gasteiger partial charge is 0.383 e. The van der Waals surface area contributed by atoms with Crippen molar-refractivity contribution in [3.05, 3.63) is 28.8 Å². The van der Waals surface area contributed by atoms with E-state index in [0.717, 1.165) is 5.69 Å². The predicted molar refractivity (Wildman–Crippen MR) is 64.7 cm³/mol. The molecule has 0 spiro atoms. The Morgan fingerprint density at radius 2 is 2.31 bits per heavy atom. The predicted octanol–water partition coefficient (Wildman–Crippen LogP) is 1.17. The monoisotopic (exact) mass is 282 g/mol. The number of hydrogen-bond acceptors (Lipinski definition) is 5. The molecule has 0 aliphatic carbocycles. The van der Waals surface area contributed by atoms with Crippen LogP contribution in [0.15, 0.2) is 23.1 Å². The molecule has 0 aromatic carbocycles. The van der Waals surface area contributed by atoms with Crippen LogP contribution < -0.4 is 11.1 Å². The molecule has 6 nitrogen and oxygen atoms in total. The second-order valence-corrected chi connectivity index (χ2v) is 4.05. The van der Waals surface area contributed by atoms with Crippen LogP contribution in [0.2, 0.25) is 0 Å². The summed E-state index contributed by atoms with van der Waals surface area (Å²) in [7, 11) is 1.88. The van der Waals surface area contributed by atoms with Gasteiger partial charge in [0.05, 0.1) is 12.2 Å². The van der Waals surface area contributed by atoms with Gasteiger partial charge in [-0.25, -0.2) is 9.97 Å². The van der Waals surface area contributed by atoms with Crippen molar-refractivity contribution in [2.45, 2.75) is 6.54 Å². The van der Waals surface area contributed by atoms with Crippen LogP contribution in [0, 0.1) is 0 Å². The maximum absolute atomic E-state index is 5.64. The number of anilines is 2. The standard InChI is InChI=1S/C9H11BrN6/c1-16-3-2-6(15-16)4-12-9-7(10)8(11)13-5-14-9/h2-3,5H,4H2,1H3,(H3,11,12,13,14). The van der Waals surface area contributed by atoms with E-state index in [1.165, 1.54) is 6.33 Å². The summed E-state index contributed by atoms with van der Waals surface area (Å²) in [5.74, 6) is 1.08. The molecule has 0 unspecified atom stereocenters. The van der Waals surface area contributed by atoms with Crippen molar-refractivity contribution < 1.29 is 0 Å². The summed E-state index contributed by atoms with van der Waals surface area (Å²) in [4.78, 5) is 7.94. The van der Waals surface area contributed by atoms with Gasteiger partial charge in [0, 0.05) is 13.2 Å². The van der Waals surface area contributed by atoms with Crippen LogP contribution in [-0.2, 0) is 13.6 Å². The Morgan fingerprint density at radius 1 is 1.50 bits per heavy atom. The Morgan fingerprint density at radius 3 is 3.00 bits per heavy atom. The summed E-state index contributed by atoms with van der Waals surface area (Å²) < 4.78 is 2.42. The molecule has 0 fully saturated rings. The zero-order valence-electron chi connectivity index (χ0n) is 8.68. The molecule has 0 amide bonds. The first-order chi connectivity index (χ1) is 7.66. The smallest absolute Gasteiger partial charge is 0.146 e. The van der Waals surface area contributed by atoms with E-state index in [9.17, 15) is 0 Å². The first-order valence-corrected chi connectivity index (χ1v) is 5.44. The number of nitrogens with one attached hydrogen (secondary N) is 1. The zero-order chi connectivity index (χ0) is 11.5. The molecule has 0 aliphatic rings. The van der Waals surface area contributed by atoms with Gasteiger partial charge in [-0.15, -0.1) is 0 Å². The van der Waals surface area contributed by atoms with Crippen molar-refractivity contribution in [2.75, 3.05) is 11.1 Å². The first kappa shape index (κ1) is 10.9.